The molecule has 0 amide bonds. The van der Waals surface area contributed by atoms with Gasteiger partial charge >= 0.3 is 0 Å². The zero-order valence-electron chi connectivity index (χ0n) is 8.51. The lowest BCUT2D eigenvalue weighted by Gasteiger charge is -2.16. The van der Waals surface area contributed by atoms with Crippen LogP contribution in [0.1, 0.15) is 18.1 Å². The normalized spacial score (nSPS) is 25.5. The van der Waals surface area contributed by atoms with Crippen molar-refractivity contribution >= 4 is 9.84 Å². The second-order valence-corrected chi connectivity index (χ2v) is 6.27. The van der Waals surface area contributed by atoms with Crippen LogP contribution >= 0.6 is 0 Å². The monoisotopic (exact) mass is 245 g/mol. The van der Waals surface area contributed by atoms with Crippen LogP contribution in [0, 0.1) is 11.7 Å². The molecule has 16 heavy (non-hydrogen) atoms. The summed E-state index contributed by atoms with van der Waals surface area (Å²) >= 11 is 0. The molecule has 1 N–H and O–H groups in total. The average molecular weight is 245 g/mol. The Morgan fingerprint density at radius 1 is 1.50 bits per heavy atom. The number of sulfone groups is 1. The first-order chi connectivity index (χ1) is 7.48. The predicted molar refractivity (Wildman–Crippen MR) is 55.9 cm³/mol. The van der Waals surface area contributed by atoms with Gasteiger partial charge in [-0.1, -0.05) is 0 Å². The van der Waals surface area contributed by atoms with Crippen molar-refractivity contribution in [3.8, 4) is 0 Å². The summed E-state index contributed by atoms with van der Waals surface area (Å²) in [5.41, 5.74) is 0.335. The summed E-state index contributed by atoms with van der Waals surface area (Å²) in [7, 11) is -3.03. The molecule has 6 heteroatoms. The van der Waals surface area contributed by atoms with Gasteiger partial charge in [0.15, 0.2) is 9.84 Å². The van der Waals surface area contributed by atoms with Crippen molar-refractivity contribution in [2.75, 3.05) is 11.5 Å². The number of aliphatic hydroxyl groups excluding tert-OH is 1. The van der Waals surface area contributed by atoms with E-state index in [9.17, 15) is 17.9 Å². The number of aliphatic hydroxyl groups is 1. The third-order valence-corrected chi connectivity index (χ3v) is 4.58. The first kappa shape index (κ1) is 11.5. The summed E-state index contributed by atoms with van der Waals surface area (Å²) in [6.07, 6.45) is 1.86. The number of halogens is 1. The number of hydrogen-bond donors (Lipinski definition) is 1. The van der Waals surface area contributed by atoms with E-state index in [4.69, 9.17) is 0 Å². The quantitative estimate of drug-likeness (QED) is 0.832. The van der Waals surface area contributed by atoms with Gasteiger partial charge in [0.2, 0.25) is 0 Å². The number of rotatable bonds is 2. The topological polar surface area (TPSA) is 67.3 Å². The largest absolute Gasteiger partial charge is 0.388 e. The first-order valence-corrected chi connectivity index (χ1v) is 6.79. The van der Waals surface area contributed by atoms with Crippen LogP contribution in [0.15, 0.2) is 18.5 Å². The van der Waals surface area contributed by atoms with Crippen molar-refractivity contribution in [3.05, 3.63) is 29.8 Å². The van der Waals surface area contributed by atoms with Gasteiger partial charge in [0.05, 0.1) is 23.8 Å². The highest BCUT2D eigenvalue weighted by molar-refractivity contribution is 7.91. The third kappa shape index (κ3) is 2.38. The van der Waals surface area contributed by atoms with Crippen molar-refractivity contribution < 1.29 is 17.9 Å². The summed E-state index contributed by atoms with van der Waals surface area (Å²) < 4.78 is 35.4. The molecule has 1 fully saturated rings. The van der Waals surface area contributed by atoms with Gasteiger partial charge in [0.1, 0.15) is 5.82 Å². The van der Waals surface area contributed by atoms with Crippen molar-refractivity contribution in [2.45, 2.75) is 12.5 Å². The molecule has 1 aromatic heterocycles. The van der Waals surface area contributed by atoms with Crippen molar-refractivity contribution in [1.29, 1.82) is 0 Å². The fourth-order valence-electron chi connectivity index (χ4n) is 1.93. The SMILES string of the molecule is O=S1(=O)CCC(C(O)c2cncc(F)c2)C1. The molecule has 0 aliphatic carbocycles. The van der Waals surface area contributed by atoms with E-state index < -0.39 is 21.8 Å². The van der Waals surface area contributed by atoms with Gasteiger partial charge < -0.3 is 5.11 Å². The maximum absolute atomic E-state index is 12.9. The van der Waals surface area contributed by atoms with E-state index in [-0.39, 0.29) is 17.4 Å². The summed E-state index contributed by atoms with van der Waals surface area (Å²) in [6.45, 7) is 0. The number of hydrogen-bond acceptors (Lipinski definition) is 4. The molecule has 2 unspecified atom stereocenters. The van der Waals surface area contributed by atoms with Crippen LogP contribution < -0.4 is 0 Å². The highest BCUT2D eigenvalue weighted by Crippen LogP contribution is 2.30. The van der Waals surface area contributed by atoms with Gasteiger partial charge in [-0.3, -0.25) is 4.98 Å². The first-order valence-electron chi connectivity index (χ1n) is 4.97. The molecule has 4 nitrogen and oxygen atoms in total. The van der Waals surface area contributed by atoms with Gasteiger partial charge in [-0.05, 0) is 12.5 Å². The molecule has 1 aromatic rings. The Kier molecular flexibility index (Phi) is 2.94. The number of aromatic nitrogens is 1. The van der Waals surface area contributed by atoms with Crippen LogP contribution in [0.5, 0.6) is 0 Å². The van der Waals surface area contributed by atoms with E-state index in [1.807, 2.05) is 0 Å². The van der Waals surface area contributed by atoms with E-state index in [0.717, 1.165) is 6.20 Å². The van der Waals surface area contributed by atoms with Gasteiger partial charge in [-0.15, -0.1) is 0 Å². The predicted octanol–water partition coefficient (Wildman–Crippen LogP) is 0.689. The van der Waals surface area contributed by atoms with Crippen LogP contribution in [-0.2, 0) is 9.84 Å². The minimum atomic E-state index is -3.03. The highest BCUT2D eigenvalue weighted by atomic mass is 32.2. The zero-order chi connectivity index (χ0) is 11.8. The van der Waals surface area contributed by atoms with Crippen LogP contribution in [0.25, 0.3) is 0 Å². The fraction of sp³-hybridized carbons (Fsp3) is 0.500. The Morgan fingerprint density at radius 2 is 2.25 bits per heavy atom. The molecule has 0 saturated carbocycles. The van der Waals surface area contributed by atoms with E-state index >= 15 is 0 Å². The molecule has 1 aliphatic heterocycles. The number of nitrogens with zero attached hydrogens (tertiary/aromatic N) is 1. The zero-order valence-corrected chi connectivity index (χ0v) is 9.32. The Balaban J connectivity index is 2.17. The Bertz CT molecular complexity index is 489. The van der Waals surface area contributed by atoms with E-state index in [0.29, 0.717) is 12.0 Å². The smallest absolute Gasteiger partial charge is 0.150 e. The molecule has 0 spiro atoms. The lowest BCUT2D eigenvalue weighted by atomic mass is 9.96. The van der Waals surface area contributed by atoms with E-state index in [1.165, 1.54) is 12.3 Å². The van der Waals surface area contributed by atoms with Crippen molar-refractivity contribution in [3.63, 3.8) is 0 Å². The lowest BCUT2D eigenvalue weighted by molar-refractivity contribution is 0.120. The molecule has 0 aromatic carbocycles. The molecular formula is C10H12FNO3S. The minimum Gasteiger partial charge on any atom is -0.388 e. The Hall–Kier alpha value is -1.01. The summed E-state index contributed by atoms with van der Waals surface area (Å²) in [4.78, 5) is 3.63. The average Bonchev–Trinajstić information content (AvgIpc) is 2.58. The summed E-state index contributed by atoms with van der Waals surface area (Å²) in [5.74, 6) is -0.826. The number of pyridine rings is 1. The van der Waals surface area contributed by atoms with E-state index in [1.54, 1.807) is 0 Å². The molecule has 1 saturated heterocycles. The lowest BCUT2D eigenvalue weighted by Crippen LogP contribution is -2.14. The van der Waals surface area contributed by atoms with Crippen LogP contribution in [-0.4, -0.2) is 30.0 Å². The third-order valence-electron chi connectivity index (χ3n) is 2.78. The standard InChI is InChI=1S/C10H12FNO3S/c11-9-3-8(4-12-5-9)10(13)7-1-2-16(14,15)6-7/h3-5,7,10,13H,1-2,6H2. The Labute approximate surface area is 93.1 Å². The summed E-state index contributed by atoms with van der Waals surface area (Å²) in [5, 5.41) is 9.91. The second kappa shape index (κ2) is 4.10. The van der Waals surface area contributed by atoms with Gasteiger partial charge in [0, 0.05) is 17.7 Å². The fourth-order valence-corrected chi connectivity index (χ4v) is 3.76. The van der Waals surface area contributed by atoms with Crippen LogP contribution in [0.2, 0.25) is 0 Å². The molecule has 2 heterocycles. The minimum absolute atomic E-state index is 0.0370. The molecule has 2 rings (SSSR count). The van der Waals surface area contributed by atoms with Gasteiger partial charge in [-0.2, -0.15) is 0 Å². The summed E-state index contributed by atoms with van der Waals surface area (Å²) in [6, 6.07) is 1.18. The van der Waals surface area contributed by atoms with Crippen LogP contribution in [0.4, 0.5) is 4.39 Å². The van der Waals surface area contributed by atoms with Gasteiger partial charge in [-0.25, -0.2) is 12.8 Å². The van der Waals surface area contributed by atoms with E-state index in [2.05, 4.69) is 4.98 Å². The highest BCUT2D eigenvalue weighted by Gasteiger charge is 2.33. The van der Waals surface area contributed by atoms with Crippen LogP contribution in [0.3, 0.4) is 0 Å². The molecular weight excluding hydrogens is 233 g/mol. The van der Waals surface area contributed by atoms with Gasteiger partial charge in [0.25, 0.3) is 0 Å². The maximum Gasteiger partial charge on any atom is 0.150 e. The molecule has 0 bridgehead atoms. The second-order valence-electron chi connectivity index (χ2n) is 4.04. The molecule has 1 aliphatic rings. The maximum atomic E-state index is 12.9. The molecule has 0 radical (unpaired) electrons. The molecule has 2 atom stereocenters. The Morgan fingerprint density at radius 3 is 2.81 bits per heavy atom. The molecule has 88 valence electrons. The van der Waals surface area contributed by atoms with Crippen molar-refractivity contribution in [1.82, 2.24) is 4.98 Å². The van der Waals surface area contributed by atoms with Crippen molar-refractivity contribution in [2.24, 2.45) is 5.92 Å².